The molecule has 2 heterocycles. The van der Waals surface area contributed by atoms with Crippen molar-refractivity contribution >= 4 is 24.8 Å². The van der Waals surface area contributed by atoms with E-state index in [1.807, 2.05) is 0 Å². The van der Waals surface area contributed by atoms with Crippen LogP contribution in [0.2, 0.25) is 0 Å². The second-order valence-electron chi connectivity index (χ2n) is 4.22. The molecule has 2 saturated heterocycles. The number of piperidine rings is 2. The topological polar surface area (TPSA) is 15.3 Å². The molecule has 0 spiro atoms. The molecule has 0 amide bonds. The maximum Gasteiger partial charge on any atom is 0.113 e. The van der Waals surface area contributed by atoms with Crippen molar-refractivity contribution in [2.75, 3.05) is 26.2 Å². The van der Waals surface area contributed by atoms with Crippen LogP contribution in [-0.2, 0) is 0 Å². The minimum Gasteiger partial charge on any atom is -0.317 e. The van der Waals surface area contributed by atoms with Crippen molar-refractivity contribution in [3.63, 3.8) is 0 Å². The molecular formula is C10H21Cl2FN2. The fraction of sp³-hybridized carbons (Fsp3) is 1.00. The number of alkyl halides is 1. The van der Waals surface area contributed by atoms with E-state index < -0.39 is 6.17 Å². The predicted molar refractivity (Wildman–Crippen MR) is 66.1 cm³/mol. The normalized spacial score (nSPS) is 29.0. The van der Waals surface area contributed by atoms with Crippen LogP contribution in [0.15, 0.2) is 0 Å². The molecule has 1 atom stereocenters. The van der Waals surface area contributed by atoms with E-state index in [0.29, 0.717) is 12.6 Å². The maximum absolute atomic E-state index is 13.1. The van der Waals surface area contributed by atoms with Gasteiger partial charge in [0.1, 0.15) is 6.17 Å². The molecule has 92 valence electrons. The fourth-order valence-electron chi connectivity index (χ4n) is 2.46. The summed E-state index contributed by atoms with van der Waals surface area (Å²) >= 11 is 0. The average molecular weight is 259 g/mol. The molecule has 15 heavy (non-hydrogen) atoms. The Balaban J connectivity index is 0.000000980. The molecule has 1 unspecified atom stereocenters. The third kappa shape index (κ3) is 4.43. The van der Waals surface area contributed by atoms with E-state index >= 15 is 0 Å². The highest BCUT2D eigenvalue weighted by Gasteiger charge is 2.26. The molecule has 0 aromatic carbocycles. The molecule has 2 fully saturated rings. The first-order valence-electron chi connectivity index (χ1n) is 5.45. The van der Waals surface area contributed by atoms with Crippen LogP contribution in [0.1, 0.15) is 25.7 Å². The standard InChI is InChI=1S/C10H19FN2.2ClH/c11-9-2-1-7-13(8-9)10-3-5-12-6-4-10;;/h9-10,12H,1-8H2;2*1H. The van der Waals surface area contributed by atoms with Gasteiger partial charge in [-0.05, 0) is 45.3 Å². The number of hydrogen-bond donors (Lipinski definition) is 1. The van der Waals surface area contributed by atoms with Crippen LogP contribution in [0.3, 0.4) is 0 Å². The summed E-state index contributed by atoms with van der Waals surface area (Å²) in [6.07, 6.45) is 3.66. The quantitative estimate of drug-likeness (QED) is 0.775. The van der Waals surface area contributed by atoms with Crippen molar-refractivity contribution in [3.05, 3.63) is 0 Å². The Bertz CT molecular complexity index is 166. The lowest BCUT2D eigenvalue weighted by Crippen LogP contribution is -2.47. The fourth-order valence-corrected chi connectivity index (χ4v) is 2.46. The minimum absolute atomic E-state index is 0. The summed E-state index contributed by atoms with van der Waals surface area (Å²) < 4.78 is 13.1. The van der Waals surface area contributed by atoms with E-state index in [9.17, 15) is 4.39 Å². The lowest BCUT2D eigenvalue weighted by molar-refractivity contribution is 0.0834. The van der Waals surface area contributed by atoms with Crippen molar-refractivity contribution in [3.8, 4) is 0 Å². The third-order valence-corrected chi connectivity index (χ3v) is 3.22. The number of halogens is 3. The molecular weight excluding hydrogens is 238 g/mol. The van der Waals surface area contributed by atoms with Gasteiger partial charge < -0.3 is 5.32 Å². The Hall–Kier alpha value is 0.430. The van der Waals surface area contributed by atoms with Gasteiger partial charge in [0.15, 0.2) is 0 Å². The Morgan fingerprint density at radius 2 is 1.73 bits per heavy atom. The van der Waals surface area contributed by atoms with Crippen molar-refractivity contribution < 1.29 is 4.39 Å². The molecule has 2 nitrogen and oxygen atoms in total. The third-order valence-electron chi connectivity index (χ3n) is 3.22. The van der Waals surface area contributed by atoms with Gasteiger partial charge in [-0.15, -0.1) is 24.8 Å². The molecule has 2 aliphatic rings. The number of likely N-dealkylation sites (tertiary alicyclic amines) is 1. The summed E-state index contributed by atoms with van der Waals surface area (Å²) in [5, 5.41) is 3.34. The lowest BCUT2D eigenvalue weighted by atomic mass is 10.0. The summed E-state index contributed by atoms with van der Waals surface area (Å²) in [5.41, 5.74) is 0. The SMILES string of the molecule is Cl.Cl.FC1CCCN(C2CCNCC2)C1. The largest absolute Gasteiger partial charge is 0.317 e. The molecule has 0 radical (unpaired) electrons. The first-order valence-corrected chi connectivity index (χ1v) is 5.45. The van der Waals surface area contributed by atoms with E-state index in [1.54, 1.807) is 0 Å². The van der Waals surface area contributed by atoms with E-state index in [4.69, 9.17) is 0 Å². The first-order chi connectivity index (χ1) is 6.36. The van der Waals surface area contributed by atoms with Gasteiger partial charge in [0.2, 0.25) is 0 Å². The maximum atomic E-state index is 13.1. The van der Waals surface area contributed by atoms with Gasteiger partial charge in [0, 0.05) is 12.6 Å². The summed E-state index contributed by atoms with van der Waals surface area (Å²) in [7, 11) is 0. The van der Waals surface area contributed by atoms with Crippen molar-refractivity contribution in [1.29, 1.82) is 0 Å². The molecule has 2 rings (SSSR count). The molecule has 0 saturated carbocycles. The predicted octanol–water partition coefficient (Wildman–Crippen LogP) is 2.02. The van der Waals surface area contributed by atoms with Crippen molar-refractivity contribution in [1.82, 2.24) is 10.2 Å². The molecule has 2 aliphatic heterocycles. The van der Waals surface area contributed by atoms with Crippen molar-refractivity contribution in [2.24, 2.45) is 0 Å². The zero-order valence-corrected chi connectivity index (χ0v) is 10.6. The number of rotatable bonds is 1. The van der Waals surface area contributed by atoms with Gasteiger partial charge in [-0.3, -0.25) is 4.90 Å². The summed E-state index contributed by atoms with van der Waals surface area (Å²) in [4.78, 5) is 2.36. The van der Waals surface area contributed by atoms with Gasteiger partial charge in [0.25, 0.3) is 0 Å². The van der Waals surface area contributed by atoms with Crippen LogP contribution in [0.25, 0.3) is 0 Å². The number of nitrogens with zero attached hydrogens (tertiary/aromatic N) is 1. The minimum atomic E-state index is -0.566. The highest BCUT2D eigenvalue weighted by molar-refractivity contribution is 5.85. The van der Waals surface area contributed by atoms with Crippen LogP contribution in [0.4, 0.5) is 4.39 Å². The highest BCUT2D eigenvalue weighted by Crippen LogP contribution is 2.19. The van der Waals surface area contributed by atoms with Gasteiger partial charge in [-0.25, -0.2) is 4.39 Å². The highest BCUT2D eigenvalue weighted by atomic mass is 35.5. The molecule has 0 bridgehead atoms. The summed E-state index contributed by atoms with van der Waals surface area (Å²) in [6.45, 7) is 4.02. The van der Waals surface area contributed by atoms with Gasteiger partial charge in [-0.1, -0.05) is 0 Å². The van der Waals surface area contributed by atoms with Crippen molar-refractivity contribution in [2.45, 2.75) is 37.9 Å². The lowest BCUT2D eigenvalue weighted by Gasteiger charge is -2.38. The Labute approximate surface area is 104 Å². The van der Waals surface area contributed by atoms with E-state index in [2.05, 4.69) is 10.2 Å². The number of nitrogens with one attached hydrogen (secondary N) is 1. The van der Waals surface area contributed by atoms with Crippen LogP contribution in [-0.4, -0.2) is 43.3 Å². The monoisotopic (exact) mass is 258 g/mol. The van der Waals surface area contributed by atoms with Gasteiger partial charge in [0.05, 0.1) is 0 Å². The Morgan fingerprint density at radius 3 is 2.33 bits per heavy atom. The molecule has 5 heteroatoms. The van der Waals surface area contributed by atoms with E-state index in [0.717, 1.165) is 32.5 Å². The zero-order valence-electron chi connectivity index (χ0n) is 8.95. The Kier molecular flexibility index (Phi) is 7.88. The second-order valence-corrected chi connectivity index (χ2v) is 4.22. The van der Waals surface area contributed by atoms with Gasteiger partial charge >= 0.3 is 0 Å². The Morgan fingerprint density at radius 1 is 1.07 bits per heavy atom. The van der Waals surface area contributed by atoms with Crippen LogP contribution in [0.5, 0.6) is 0 Å². The zero-order chi connectivity index (χ0) is 9.10. The first kappa shape index (κ1) is 15.4. The molecule has 0 aliphatic carbocycles. The van der Waals surface area contributed by atoms with Crippen LogP contribution >= 0.6 is 24.8 Å². The average Bonchev–Trinajstić information content (AvgIpc) is 2.19. The smallest absolute Gasteiger partial charge is 0.113 e. The van der Waals surface area contributed by atoms with Gasteiger partial charge in [-0.2, -0.15) is 0 Å². The van der Waals surface area contributed by atoms with E-state index in [-0.39, 0.29) is 24.8 Å². The number of hydrogen-bond acceptors (Lipinski definition) is 2. The second kappa shape index (κ2) is 7.66. The summed E-state index contributed by atoms with van der Waals surface area (Å²) in [6, 6.07) is 0.653. The summed E-state index contributed by atoms with van der Waals surface area (Å²) in [5.74, 6) is 0. The van der Waals surface area contributed by atoms with Crippen LogP contribution < -0.4 is 5.32 Å². The van der Waals surface area contributed by atoms with E-state index in [1.165, 1.54) is 12.8 Å². The molecule has 0 aromatic heterocycles. The van der Waals surface area contributed by atoms with Crippen LogP contribution in [0, 0.1) is 0 Å². The molecule has 1 N–H and O–H groups in total. The molecule has 0 aromatic rings.